The van der Waals surface area contributed by atoms with E-state index < -0.39 is 49.5 Å². The van der Waals surface area contributed by atoms with E-state index in [4.69, 9.17) is 9.47 Å². The number of aliphatic hydroxyl groups excluding tert-OH is 5. The van der Waals surface area contributed by atoms with Gasteiger partial charge < -0.3 is 40.3 Å². The van der Waals surface area contributed by atoms with Crippen molar-refractivity contribution in [2.75, 3.05) is 13.2 Å². The number of aliphatic hydroxyl groups is 5. The quantitative estimate of drug-likeness (QED) is 0.0262. The third kappa shape index (κ3) is 35.2. The maximum Gasteiger partial charge on any atom is 0.220 e. The van der Waals surface area contributed by atoms with Gasteiger partial charge in [0.1, 0.15) is 24.4 Å². The molecule has 1 rings (SSSR count). The smallest absolute Gasteiger partial charge is 0.220 e. The maximum absolute atomic E-state index is 13.0. The summed E-state index contributed by atoms with van der Waals surface area (Å²) in [7, 11) is 0. The fourth-order valence-corrected chi connectivity index (χ4v) is 7.77. The number of carbonyl (C=O) groups is 1. The number of hydrogen-bond acceptors (Lipinski definition) is 8. The van der Waals surface area contributed by atoms with Gasteiger partial charge in [-0.15, -0.1) is 0 Å². The lowest BCUT2D eigenvalue weighted by Gasteiger charge is -2.40. The highest BCUT2D eigenvalue weighted by molar-refractivity contribution is 5.76. The summed E-state index contributed by atoms with van der Waals surface area (Å²) in [6, 6.07) is -0.855. The largest absolute Gasteiger partial charge is 0.394 e. The van der Waals surface area contributed by atoms with Gasteiger partial charge in [0, 0.05) is 6.42 Å². The Morgan fingerprint density at radius 3 is 1.48 bits per heavy atom. The minimum Gasteiger partial charge on any atom is -0.394 e. The second kappa shape index (κ2) is 45.2. The molecule has 7 atom stereocenters. The topological polar surface area (TPSA) is 149 Å². The van der Waals surface area contributed by atoms with Crippen molar-refractivity contribution in [3.8, 4) is 0 Å². The molecule has 1 amide bonds. The van der Waals surface area contributed by atoms with Crippen LogP contribution in [0.3, 0.4) is 0 Å². The van der Waals surface area contributed by atoms with E-state index in [0.29, 0.717) is 12.8 Å². The number of allylic oxidation sites excluding steroid dienone is 13. The van der Waals surface area contributed by atoms with E-state index >= 15 is 0 Å². The van der Waals surface area contributed by atoms with Gasteiger partial charge in [0.15, 0.2) is 6.29 Å². The molecule has 374 valence electrons. The minimum atomic E-state index is -1.59. The molecule has 9 nitrogen and oxygen atoms in total. The van der Waals surface area contributed by atoms with Crippen LogP contribution in [0.15, 0.2) is 85.1 Å². The van der Waals surface area contributed by atoms with Gasteiger partial charge in [-0.1, -0.05) is 202 Å². The molecule has 1 aliphatic heterocycles. The van der Waals surface area contributed by atoms with E-state index in [9.17, 15) is 30.3 Å². The number of nitrogens with one attached hydrogen (secondary N) is 1. The summed E-state index contributed by atoms with van der Waals surface area (Å²) in [5.41, 5.74) is 0. The number of rotatable bonds is 43. The molecule has 1 aliphatic rings. The molecule has 7 unspecified atom stereocenters. The zero-order valence-corrected chi connectivity index (χ0v) is 41.2. The first-order chi connectivity index (χ1) is 31.8. The van der Waals surface area contributed by atoms with Gasteiger partial charge >= 0.3 is 0 Å². The summed E-state index contributed by atoms with van der Waals surface area (Å²) >= 11 is 0. The van der Waals surface area contributed by atoms with Crippen molar-refractivity contribution < 1.29 is 39.8 Å². The molecule has 0 aromatic heterocycles. The fourth-order valence-electron chi connectivity index (χ4n) is 7.77. The Hall–Kier alpha value is -2.63. The first-order valence-electron chi connectivity index (χ1n) is 26.3. The molecule has 0 radical (unpaired) electrons. The highest BCUT2D eigenvalue weighted by Crippen LogP contribution is 2.22. The van der Waals surface area contributed by atoms with Crippen molar-refractivity contribution in [1.82, 2.24) is 5.32 Å². The minimum absolute atomic E-state index is 0.227. The van der Waals surface area contributed by atoms with E-state index in [2.05, 4.69) is 92.1 Å². The van der Waals surface area contributed by atoms with Crippen molar-refractivity contribution in [3.05, 3.63) is 85.1 Å². The van der Waals surface area contributed by atoms with Gasteiger partial charge in [0.25, 0.3) is 0 Å². The molecule has 0 spiro atoms. The molecule has 6 N–H and O–H groups in total. The Labute approximate surface area is 397 Å². The summed E-state index contributed by atoms with van der Waals surface area (Å²) in [4.78, 5) is 13.0. The fraction of sp³-hybridized carbons (Fsp3) is 0.732. The predicted molar refractivity (Wildman–Crippen MR) is 271 cm³/mol. The lowest BCUT2D eigenvalue weighted by Crippen LogP contribution is -2.60. The molecular weight excluding hydrogens is 815 g/mol. The van der Waals surface area contributed by atoms with Crippen molar-refractivity contribution in [2.45, 2.75) is 249 Å². The summed E-state index contributed by atoms with van der Waals surface area (Å²) < 4.78 is 11.2. The molecule has 1 fully saturated rings. The molecule has 1 heterocycles. The van der Waals surface area contributed by atoms with E-state index in [-0.39, 0.29) is 18.9 Å². The zero-order chi connectivity index (χ0) is 47.3. The summed E-state index contributed by atoms with van der Waals surface area (Å²) in [5.74, 6) is -0.234. The molecule has 65 heavy (non-hydrogen) atoms. The SMILES string of the molecule is CC/C=C\C/C=C\C/C=C\C/C=C\CCCCC(=O)NC(COC1OC(CO)C(O)C(O)C1O)C(O)/C=C/CC/C=C/CC/C=C/CCCCCCCCCCCCCCCCCCC. The average Bonchev–Trinajstić information content (AvgIpc) is 3.31. The van der Waals surface area contributed by atoms with Crippen molar-refractivity contribution in [1.29, 1.82) is 0 Å². The van der Waals surface area contributed by atoms with Crippen LogP contribution >= 0.6 is 0 Å². The zero-order valence-electron chi connectivity index (χ0n) is 41.2. The van der Waals surface area contributed by atoms with Crippen molar-refractivity contribution in [2.24, 2.45) is 0 Å². The first-order valence-corrected chi connectivity index (χ1v) is 26.3. The monoisotopic (exact) mass is 912 g/mol. The van der Waals surface area contributed by atoms with Crippen LogP contribution in [0.5, 0.6) is 0 Å². The Morgan fingerprint density at radius 2 is 0.969 bits per heavy atom. The molecule has 9 heteroatoms. The molecule has 1 saturated heterocycles. The summed E-state index contributed by atoms with van der Waals surface area (Å²) in [5, 5.41) is 54.3. The van der Waals surface area contributed by atoms with Gasteiger partial charge in [0.05, 0.1) is 25.4 Å². The number of unbranched alkanes of at least 4 members (excludes halogenated alkanes) is 21. The second-order valence-corrected chi connectivity index (χ2v) is 17.9. The van der Waals surface area contributed by atoms with Crippen molar-refractivity contribution in [3.63, 3.8) is 0 Å². The Morgan fingerprint density at radius 1 is 0.538 bits per heavy atom. The number of hydrogen-bond donors (Lipinski definition) is 6. The first kappa shape index (κ1) is 60.4. The number of amides is 1. The van der Waals surface area contributed by atoms with Gasteiger partial charge in [0.2, 0.25) is 5.91 Å². The lowest BCUT2D eigenvalue weighted by molar-refractivity contribution is -0.302. The third-order valence-electron chi connectivity index (χ3n) is 11.9. The van der Waals surface area contributed by atoms with Crippen LogP contribution in [0.1, 0.15) is 206 Å². The standard InChI is InChI=1S/C56H97NO8/c1-3-5-7-9-11-13-15-17-19-20-21-22-23-24-25-26-27-28-29-30-32-33-35-37-39-41-43-45-50(59)49(48-64-56-55(63)54(62)53(61)51(47-58)65-56)57-52(60)46-44-42-40-38-36-34-31-18-16-14-12-10-8-6-4-2/h6,8,12,14,18,29-31,35-38,43,45,49-51,53-56,58-59,61-63H,3-5,7,9-11,13,15-17,19-28,32-34,39-42,44,46-48H2,1-2H3,(H,57,60)/b8-6-,14-12-,30-29+,31-18-,37-35+,38-36-,45-43+. The Kier molecular flexibility index (Phi) is 42.0. The van der Waals surface area contributed by atoms with Crippen LogP contribution in [0.4, 0.5) is 0 Å². The van der Waals surface area contributed by atoms with Crippen LogP contribution < -0.4 is 5.32 Å². The normalized spacial score (nSPS) is 20.6. The molecule has 0 bridgehead atoms. The average molecular weight is 912 g/mol. The van der Waals surface area contributed by atoms with Gasteiger partial charge in [-0.2, -0.15) is 0 Å². The van der Waals surface area contributed by atoms with Crippen LogP contribution in [0, 0.1) is 0 Å². The third-order valence-corrected chi connectivity index (χ3v) is 11.9. The van der Waals surface area contributed by atoms with E-state index in [0.717, 1.165) is 64.2 Å². The van der Waals surface area contributed by atoms with Gasteiger partial charge in [-0.25, -0.2) is 0 Å². The Balaban J connectivity index is 2.32. The van der Waals surface area contributed by atoms with Crippen LogP contribution in [0.2, 0.25) is 0 Å². The molecule has 0 aromatic carbocycles. The highest BCUT2D eigenvalue weighted by atomic mass is 16.7. The summed E-state index contributed by atoms with van der Waals surface area (Å²) in [6.45, 7) is 3.61. The van der Waals surface area contributed by atoms with E-state index in [1.165, 1.54) is 109 Å². The molecular formula is C56H97NO8. The van der Waals surface area contributed by atoms with Crippen molar-refractivity contribution >= 4 is 5.91 Å². The van der Waals surface area contributed by atoms with E-state index in [1.54, 1.807) is 6.08 Å². The van der Waals surface area contributed by atoms with Gasteiger partial charge in [-0.3, -0.25) is 4.79 Å². The van der Waals surface area contributed by atoms with Crippen LogP contribution in [-0.2, 0) is 14.3 Å². The highest BCUT2D eigenvalue weighted by Gasteiger charge is 2.44. The molecule has 0 saturated carbocycles. The van der Waals surface area contributed by atoms with E-state index in [1.807, 2.05) is 6.08 Å². The predicted octanol–water partition coefficient (Wildman–Crippen LogP) is 12.3. The Bertz CT molecular complexity index is 1290. The van der Waals surface area contributed by atoms with Gasteiger partial charge in [-0.05, 0) is 83.5 Å². The second-order valence-electron chi connectivity index (χ2n) is 17.9. The maximum atomic E-state index is 13.0. The number of carbonyl (C=O) groups excluding carboxylic acids is 1. The van der Waals surface area contributed by atoms with Crippen LogP contribution in [0.25, 0.3) is 0 Å². The molecule has 0 aromatic rings. The molecule has 0 aliphatic carbocycles. The lowest BCUT2D eigenvalue weighted by atomic mass is 9.99. The summed E-state index contributed by atoms with van der Waals surface area (Å²) in [6.07, 6.45) is 56.6. The van der Waals surface area contributed by atoms with Crippen LogP contribution in [-0.4, -0.2) is 87.5 Å². The number of ether oxygens (including phenoxy) is 2.